The van der Waals surface area contributed by atoms with Crippen molar-refractivity contribution in [2.45, 2.75) is 25.4 Å². The third-order valence-electron chi connectivity index (χ3n) is 3.61. The molecule has 3 rings (SSSR count). The number of hydrogen-bond acceptors (Lipinski definition) is 3. The van der Waals surface area contributed by atoms with Crippen LogP contribution in [0.3, 0.4) is 0 Å². The number of nitriles is 1. The molecule has 18 heavy (non-hydrogen) atoms. The van der Waals surface area contributed by atoms with Crippen LogP contribution in [0.5, 0.6) is 0 Å². The molecule has 0 aliphatic carbocycles. The minimum Gasteiger partial charge on any atom is -0.378 e. The first-order chi connectivity index (χ1) is 8.69. The molecule has 1 fully saturated rings. The molecule has 0 spiro atoms. The Labute approximate surface area is 106 Å². The summed E-state index contributed by atoms with van der Waals surface area (Å²) in [7, 11) is 2.03. The van der Waals surface area contributed by atoms with E-state index in [9.17, 15) is 0 Å². The highest BCUT2D eigenvalue weighted by molar-refractivity contribution is 5.77. The van der Waals surface area contributed by atoms with Crippen molar-refractivity contribution in [2.75, 3.05) is 6.61 Å². The summed E-state index contributed by atoms with van der Waals surface area (Å²) in [6.45, 7) is 2.83. The number of hydrogen-bond donors (Lipinski definition) is 0. The standard InChI is InChI=1S/C14H15N3O/c1-9-5-11(8-18-9)14-16-12-6-10(7-15)3-4-13(12)17(14)2/h3-4,6,9,11H,5,8H2,1-2H3. The van der Waals surface area contributed by atoms with Gasteiger partial charge in [-0.05, 0) is 31.5 Å². The van der Waals surface area contributed by atoms with E-state index in [-0.39, 0.29) is 0 Å². The van der Waals surface area contributed by atoms with E-state index in [1.54, 1.807) is 0 Å². The molecule has 1 saturated heterocycles. The first-order valence-corrected chi connectivity index (χ1v) is 6.17. The Morgan fingerprint density at radius 2 is 2.33 bits per heavy atom. The number of imidazole rings is 1. The van der Waals surface area contributed by atoms with Crippen molar-refractivity contribution < 1.29 is 4.74 Å². The molecule has 0 saturated carbocycles. The van der Waals surface area contributed by atoms with Crippen LogP contribution in [0.25, 0.3) is 11.0 Å². The Kier molecular flexibility index (Phi) is 2.57. The van der Waals surface area contributed by atoms with E-state index in [0.717, 1.165) is 29.9 Å². The van der Waals surface area contributed by atoms with Crippen molar-refractivity contribution in [2.24, 2.45) is 7.05 Å². The molecule has 92 valence electrons. The average Bonchev–Trinajstić information content (AvgIpc) is 2.93. The summed E-state index contributed by atoms with van der Waals surface area (Å²) in [6.07, 6.45) is 1.33. The third kappa shape index (κ3) is 1.68. The van der Waals surface area contributed by atoms with E-state index in [4.69, 9.17) is 10.00 Å². The summed E-state index contributed by atoms with van der Waals surface area (Å²) in [5.74, 6) is 1.42. The Hall–Kier alpha value is -1.86. The third-order valence-corrected chi connectivity index (χ3v) is 3.61. The van der Waals surface area contributed by atoms with E-state index in [0.29, 0.717) is 17.6 Å². The second-order valence-corrected chi connectivity index (χ2v) is 4.92. The van der Waals surface area contributed by atoms with Gasteiger partial charge in [0.25, 0.3) is 0 Å². The van der Waals surface area contributed by atoms with Crippen molar-refractivity contribution in [3.05, 3.63) is 29.6 Å². The average molecular weight is 241 g/mol. The van der Waals surface area contributed by atoms with Gasteiger partial charge < -0.3 is 9.30 Å². The van der Waals surface area contributed by atoms with Crippen molar-refractivity contribution >= 4 is 11.0 Å². The largest absolute Gasteiger partial charge is 0.378 e. The fraction of sp³-hybridized carbons (Fsp3) is 0.429. The molecule has 0 radical (unpaired) electrons. The number of fused-ring (bicyclic) bond motifs is 1. The molecule has 1 aromatic carbocycles. The predicted octanol–water partition coefficient (Wildman–Crippen LogP) is 2.34. The molecular weight excluding hydrogens is 226 g/mol. The number of nitrogens with zero attached hydrogens (tertiary/aromatic N) is 3. The van der Waals surface area contributed by atoms with Crippen molar-refractivity contribution in [1.29, 1.82) is 5.26 Å². The van der Waals surface area contributed by atoms with Gasteiger partial charge in [-0.3, -0.25) is 0 Å². The van der Waals surface area contributed by atoms with Crippen LogP contribution < -0.4 is 0 Å². The van der Waals surface area contributed by atoms with Gasteiger partial charge in [0.15, 0.2) is 0 Å². The van der Waals surface area contributed by atoms with E-state index in [1.165, 1.54) is 0 Å². The van der Waals surface area contributed by atoms with Crippen LogP contribution in [-0.2, 0) is 11.8 Å². The van der Waals surface area contributed by atoms with E-state index in [1.807, 2.05) is 25.2 Å². The zero-order valence-corrected chi connectivity index (χ0v) is 10.6. The SMILES string of the molecule is CC1CC(c2nc3cc(C#N)ccc3n2C)CO1. The zero-order valence-electron chi connectivity index (χ0n) is 10.6. The smallest absolute Gasteiger partial charge is 0.115 e. The number of aryl methyl sites for hydroxylation is 1. The van der Waals surface area contributed by atoms with Crippen LogP contribution >= 0.6 is 0 Å². The second kappa shape index (κ2) is 4.11. The first kappa shape index (κ1) is 11.2. The molecule has 1 aliphatic rings. The van der Waals surface area contributed by atoms with Gasteiger partial charge in [-0.15, -0.1) is 0 Å². The molecule has 2 atom stereocenters. The van der Waals surface area contributed by atoms with Gasteiger partial charge in [-0.2, -0.15) is 5.26 Å². The van der Waals surface area contributed by atoms with Gasteiger partial charge in [-0.25, -0.2) is 4.98 Å². The van der Waals surface area contributed by atoms with E-state index < -0.39 is 0 Å². The fourth-order valence-electron chi connectivity index (χ4n) is 2.65. The van der Waals surface area contributed by atoms with Gasteiger partial charge in [0.1, 0.15) is 5.82 Å². The highest BCUT2D eigenvalue weighted by Crippen LogP contribution is 2.30. The summed E-state index contributed by atoms with van der Waals surface area (Å²) >= 11 is 0. The molecular formula is C14H15N3O. The lowest BCUT2D eigenvalue weighted by atomic mass is 10.1. The molecule has 0 bridgehead atoms. The lowest BCUT2D eigenvalue weighted by Gasteiger charge is -2.07. The first-order valence-electron chi connectivity index (χ1n) is 6.17. The molecule has 4 heteroatoms. The highest BCUT2D eigenvalue weighted by Gasteiger charge is 2.27. The summed E-state index contributed by atoms with van der Waals surface area (Å²) < 4.78 is 7.72. The van der Waals surface area contributed by atoms with Gasteiger partial charge in [0.05, 0.1) is 35.4 Å². The lowest BCUT2D eigenvalue weighted by Crippen LogP contribution is -2.06. The van der Waals surface area contributed by atoms with Crippen LogP contribution in [-0.4, -0.2) is 22.3 Å². The van der Waals surface area contributed by atoms with Gasteiger partial charge >= 0.3 is 0 Å². The Balaban J connectivity index is 2.08. The predicted molar refractivity (Wildman–Crippen MR) is 68.2 cm³/mol. The second-order valence-electron chi connectivity index (χ2n) is 4.92. The van der Waals surface area contributed by atoms with Gasteiger partial charge in [0.2, 0.25) is 0 Å². The Bertz CT molecular complexity index is 638. The lowest BCUT2D eigenvalue weighted by molar-refractivity contribution is 0.123. The summed E-state index contributed by atoms with van der Waals surface area (Å²) in [6, 6.07) is 7.79. The summed E-state index contributed by atoms with van der Waals surface area (Å²) in [5.41, 5.74) is 2.62. The minimum atomic E-state index is 0.310. The van der Waals surface area contributed by atoms with Crippen molar-refractivity contribution in [1.82, 2.24) is 9.55 Å². The molecule has 0 N–H and O–H groups in total. The monoisotopic (exact) mass is 241 g/mol. The topological polar surface area (TPSA) is 50.8 Å². The molecule has 2 heterocycles. The maximum atomic E-state index is 8.91. The molecule has 2 aromatic rings. The number of aromatic nitrogens is 2. The maximum Gasteiger partial charge on any atom is 0.115 e. The highest BCUT2D eigenvalue weighted by atomic mass is 16.5. The zero-order chi connectivity index (χ0) is 12.7. The maximum absolute atomic E-state index is 8.91. The molecule has 4 nitrogen and oxygen atoms in total. The molecule has 2 unspecified atom stereocenters. The van der Waals surface area contributed by atoms with Crippen LogP contribution in [0.4, 0.5) is 0 Å². The van der Waals surface area contributed by atoms with Crippen LogP contribution in [0.2, 0.25) is 0 Å². The molecule has 1 aromatic heterocycles. The van der Waals surface area contributed by atoms with Gasteiger partial charge in [-0.1, -0.05) is 0 Å². The van der Waals surface area contributed by atoms with Crippen LogP contribution in [0.1, 0.15) is 30.7 Å². The number of benzene rings is 1. The van der Waals surface area contributed by atoms with Crippen molar-refractivity contribution in [3.63, 3.8) is 0 Å². The van der Waals surface area contributed by atoms with Crippen molar-refractivity contribution in [3.8, 4) is 6.07 Å². The Morgan fingerprint density at radius 3 is 3.00 bits per heavy atom. The number of rotatable bonds is 1. The fourth-order valence-corrected chi connectivity index (χ4v) is 2.65. The van der Waals surface area contributed by atoms with E-state index >= 15 is 0 Å². The normalized spacial score (nSPS) is 23.4. The summed E-state index contributed by atoms with van der Waals surface area (Å²) in [5, 5.41) is 8.91. The minimum absolute atomic E-state index is 0.310. The molecule has 0 amide bonds. The number of ether oxygens (including phenoxy) is 1. The van der Waals surface area contributed by atoms with Crippen LogP contribution in [0, 0.1) is 11.3 Å². The summed E-state index contributed by atoms with van der Waals surface area (Å²) in [4.78, 5) is 4.67. The quantitative estimate of drug-likeness (QED) is 0.770. The van der Waals surface area contributed by atoms with Crippen LogP contribution in [0.15, 0.2) is 18.2 Å². The molecule has 1 aliphatic heterocycles. The Morgan fingerprint density at radius 1 is 1.50 bits per heavy atom. The van der Waals surface area contributed by atoms with Gasteiger partial charge in [0, 0.05) is 13.0 Å². The van der Waals surface area contributed by atoms with E-state index in [2.05, 4.69) is 22.5 Å².